The molecule has 3 heteroatoms. The van der Waals surface area contributed by atoms with Gasteiger partial charge in [-0.05, 0) is 52.2 Å². The number of amides is 1. The largest absolute Gasteiger partial charge is 0.343 e. The highest BCUT2D eigenvalue weighted by atomic mass is 16.2. The van der Waals surface area contributed by atoms with Gasteiger partial charge in [-0.3, -0.25) is 4.79 Å². The van der Waals surface area contributed by atoms with Crippen molar-refractivity contribution in [3.63, 3.8) is 0 Å². The molecule has 1 amide bonds. The van der Waals surface area contributed by atoms with Crippen LogP contribution in [0.25, 0.3) is 0 Å². The van der Waals surface area contributed by atoms with Crippen molar-refractivity contribution in [2.45, 2.75) is 32.6 Å². The molecular formula is C12H24N2O. The molecule has 1 saturated heterocycles. The number of piperidine rings is 1. The molecule has 15 heavy (non-hydrogen) atoms. The third-order valence-corrected chi connectivity index (χ3v) is 3.28. The molecule has 0 aromatic carbocycles. The summed E-state index contributed by atoms with van der Waals surface area (Å²) in [4.78, 5) is 15.3. The van der Waals surface area contributed by atoms with Crippen LogP contribution < -0.4 is 0 Å². The Balaban J connectivity index is 2.12. The lowest BCUT2D eigenvalue weighted by atomic mass is 9.92. The fraction of sp³-hybridized carbons (Fsp3) is 0.917. The molecule has 1 rings (SSSR count). The fourth-order valence-electron chi connectivity index (χ4n) is 2.23. The first-order chi connectivity index (χ1) is 7.09. The maximum Gasteiger partial charge on any atom is 0.219 e. The van der Waals surface area contributed by atoms with Crippen molar-refractivity contribution < 1.29 is 4.79 Å². The van der Waals surface area contributed by atoms with Gasteiger partial charge in [-0.1, -0.05) is 0 Å². The third kappa shape index (κ3) is 4.65. The summed E-state index contributed by atoms with van der Waals surface area (Å²) in [6.07, 6.45) is 5.02. The van der Waals surface area contributed by atoms with Gasteiger partial charge < -0.3 is 9.80 Å². The van der Waals surface area contributed by atoms with Gasteiger partial charge in [0.25, 0.3) is 0 Å². The minimum atomic E-state index is 0.238. The Hall–Kier alpha value is -0.570. The van der Waals surface area contributed by atoms with Crippen LogP contribution in [-0.2, 0) is 4.79 Å². The lowest BCUT2D eigenvalue weighted by Crippen LogP contribution is -2.37. The van der Waals surface area contributed by atoms with Crippen LogP contribution in [0.2, 0.25) is 0 Å². The van der Waals surface area contributed by atoms with E-state index >= 15 is 0 Å². The van der Waals surface area contributed by atoms with Gasteiger partial charge >= 0.3 is 0 Å². The standard InChI is InChI=1S/C12H24N2O/c1-11(15)14-9-6-12(7-10-14)5-4-8-13(2)3/h12H,4-10H2,1-3H3. The molecule has 0 unspecified atom stereocenters. The molecule has 1 heterocycles. The molecule has 0 spiro atoms. The monoisotopic (exact) mass is 212 g/mol. The quantitative estimate of drug-likeness (QED) is 0.706. The number of likely N-dealkylation sites (tertiary alicyclic amines) is 1. The van der Waals surface area contributed by atoms with E-state index in [4.69, 9.17) is 0 Å². The molecule has 3 nitrogen and oxygen atoms in total. The molecule has 0 N–H and O–H groups in total. The van der Waals surface area contributed by atoms with Gasteiger partial charge in [-0.25, -0.2) is 0 Å². The highest BCUT2D eigenvalue weighted by Gasteiger charge is 2.19. The molecule has 1 aliphatic heterocycles. The Labute approximate surface area is 93.4 Å². The van der Waals surface area contributed by atoms with Crippen LogP contribution in [-0.4, -0.2) is 49.4 Å². The Kier molecular flexibility index (Phi) is 5.09. The maximum absolute atomic E-state index is 11.1. The van der Waals surface area contributed by atoms with Crippen LogP contribution in [0.1, 0.15) is 32.6 Å². The SMILES string of the molecule is CC(=O)N1CCC(CCCN(C)C)CC1. The molecule has 88 valence electrons. The van der Waals surface area contributed by atoms with Crippen molar-refractivity contribution in [1.29, 1.82) is 0 Å². The van der Waals surface area contributed by atoms with Crippen molar-refractivity contribution in [3.8, 4) is 0 Å². The summed E-state index contributed by atoms with van der Waals surface area (Å²) < 4.78 is 0. The first-order valence-electron chi connectivity index (χ1n) is 6.00. The molecule has 0 aromatic heterocycles. The second-order valence-corrected chi connectivity index (χ2v) is 4.89. The second-order valence-electron chi connectivity index (χ2n) is 4.89. The van der Waals surface area contributed by atoms with Crippen molar-refractivity contribution in [1.82, 2.24) is 9.80 Å². The lowest BCUT2D eigenvalue weighted by molar-refractivity contribution is -0.130. The van der Waals surface area contributed by atoms with E-state index in [0.29, 0.717) is 0 Å². The van der Waals surface area contributed by atoms with E-state index < -0.39 is 0 Å². The average Bonchev–Trinajstić information content (AvgIpc) is 2.18. The summed E-state index contributed by atoms with van der Waals surface area (Å²) >= 11 is 0. The molecule has 0 aliphatic carbocycles. The highest BCUT2D eigenvalue weighted by molar-refractivity contribution is 5.73. The number of hydrogen-bond donors (Lipinski definition) is 0. The summed E-state index contributed by atoms with van der Waals surface area (Å²) in [7, 11) is 4.25. The number of carbonyl (C=O) groups excluding carboxylic acids is 1. The molecule has 1 fully saturated rings. The van der Waals surface area contributed by atoms with Crippen molar-refractivity contribution >= 4 is 5.91 Å². The van der Waals surface area contributed by atoms with Crippen molar-refractivity contribution in [3.05, 3.63) is 0 Å². The first-order valence-corrected chi connectivity index (χ1v) is 6.00. The van der Waals surface area contributed by atoms with Gasteiger partial charge in [0.1, 0.15) is 0 Å². The van der Waals surface area contributed by atoms with Gasteiger partial charge in [0.15, 0.2) is 0 Å². The summed E-state index contributed by atoms with van der Waals surface area (Å²) in [6.45, 7) is 4.81. The second kappa shape index (κ2) is 6.11. The summed E-state index contributed by atoms with van der Waals surface area (Å²) in [6, 6.07) is 0. The molecule has 0 radical (unpaired) electrons. The van der Waals surface area contributed by atoms with Crippen molar-refractivity contribution in [2.75, 3.05) is 33.7 Å². The van der Waals surface area contributed by atoms with E-state index in [-0.39, 0.29) is 5.91 Å². The van der Waals surface area contributed by atoms with Crippen LogP contribution in [0.3, 0.4) is 0 Å². The van der Waals surface area contributed by atoms with Crippen LogP contribution in [0, 0.1) is 5.92 Å². The van der Waals surface area contributed by atoms with Crippen LogP contribution >= 0.6 is 0 Å². The highest BCUT2D eigenvalue weighted by Crippen LogP contribution is 2.21. The van der Waals surface area contributed by atoms with Gasteiger partial charge in [-0.15, -0.1) is 0 Å². The molecule has 0 bridgehead atoms. The van der Waals surface area contributed by atoms with E-state index in [1.54, 1.807) is 6.92 Å². The van der Waals surface area contributed by atoms with Crippen LogP contribution in [0.4, 0.5) is 0 Å². The van der Waals surface area contributed by atoms with E-state index in [0.717, 1.165) is 19.0 Å². The molecule has 0 atom stereocenters. The van der Waals surface area contributed by atoms with E-state index in [2.05, 4.69) is 19.0 Å². The zero-order chi connectivity index (χ0) is 11.3. The molecule has 0 aromatic rings. The zero-order valence-electron chi connectivity index (χ0n) is 10.3. The lowest BCUT2D eigenvalue weighted by Gasteiger charge is -2.31. The maximum atomic E-state index is 11.1. The van der Waals surface area contributed by atoms with Gasteiger partial charge in [0.05, 0.1) is 0 Å². The molecular weight excluding hydrogens is 188 g/mol. The number of nitrogens with zero attached hydrogens (tertiary/aromatic N) is 2. The Bertz CT molecular complexity index is 196. The van der Waals surface area contributed by atoms with E-state index in [9.17, 15) is 4.79 Å². The average molecular weight is 212 g/mol. The van der Waals surface area contributed by atoms with Gasteiger partial charge in [-0.2, -0.15) is 0 Å². The normalized spacial score (nSPS) is 18.5. The predicted molar refractivity (Wildman–Crippen MR) is 62.8 cm³/mol. The number of rotatable bonds is 4. The molecule has 1 aliphatic rings. The summed E-state index contributed by atoms with van der Waals surface area (Å²) in [5, 5.41) is 0. The Morgan fingerprint density at radius 2 is 1.93 bits per heavy atom. The fourth-order valence-corrected chi connectivity index (χ4v) is 2.23. The first kappa shape index (κ1) is 12.5. The Morgan fingerprint density at radius 1 is 1.33 bits per heavy atom. The number of carbonyl (C=O) groups is 1. The van der Waals surface area contributed by atoms with Crippen LogP contribution in [0.5, 0.6) is 0 Å². The smallest absolute Gasteiger partial charge is 0.219 e. The molecule has 0 saturated carbocycles. The minimum Gasteiger partial charge on any atom is -0.343 e. The summed E-state index contributed by atoms with van der Waals surface area (Å²) in [5.74, 6) is 1.09. The minimum absolute atomic E-state index is 0.238. The van der Waals surface area contributed by atoms with Crippen molar-refractivity contribution in [2.24, 2.45) is 5.92 Å². The Morgan fingerprint density at radius 3 is 2.40 bits per heavy atom. The summed E-state index contributed by atoms with van der Waals surface area (Å²) in [5.41, 5.74) is 0. The van der Waals surface area contributed by atoms with Crippen LogP contribution in [0.15, 0.2) is 0 Å². The van der Waals surface area contributed by atoms with E-state index in [1.165, 1.54) is 32.2 Å². The van der Waals surface area contributed by atoms with Gasteiger partial charge in [0.2, 0.25) is 5.91 Å². The number of hydrogen-bond acceptors (Lipinski definition) is 2. The predicted octanol–water partition coefficient (Wildman–Crippen LogP) is 1.59. The third-order valence-electron chi connectivity index (χ3n) is 3.28. The zero-order valence-corrected chi connectivity index (χ0v) is 10.3. The van der Waals surface area contributed by atoms with Gasteiger partial charge in [0, 0.05) is 20.0 Å². The van der Waals surface area contributed by atoms with E-state index in [1.807, 2.05) is 4.90 Å². The topological polar surface area (TPSA) is 23.6 Å².